The molecule has 1 aromatic carbocycles. The number of pyridine rings is 1. The zero-order chi connectivity index (χ0) is 15.0. The molecule has 2 aromatic rings. The third kappa shape index (κ3) is 2.57. The molecule has 0 spiro atoms. The number of rotatable bonds is 3. The van der Waals surface area contributed by atoms with E-state index >= 15 is 0 Å². The third-order valence-corrected chi connectivity index (χ3v) is 3.49. The van der Waals surface area contributed by atoms with Crippen LogP contribution in [-0.4, -0.2) is 15.7 Å². The number of nitrogens with zero attached hydrogens (tertiary/aromatic N) is 2. The van der Waals surface area contributed by atoms with Crippen LogP contribution in [0.25, 0.3) is 0 Å². The van der Waals surface area contributed by atoms with E-state index in [2.05, 4.69) is 4.98 Å². The Labute approximate surface area is 124 Å². The van der Waals surface area contributed by atoms with Gasteiger partial charge in [-0.15, -0.1) is 0 Å². The molecule has 1 heterocycles. The van der Waals surface area contributed by atoms with Crippen LogP contribution < -0.4 is 4.74 Å². The summed E-state index contributed by atoms with van der Waals surface area (Å²) in [5.41, 5.74) is 1.44. The zero-order valence-electron chi connectivity index (χ0n) is 10.7. The van der Waals surface area contributed by atoms with Gasteiger partial charge in [0.15, 0.2) is 5.78 Å². The van der Waals surface area contributed by atoms with E-state index in [1.807, 2.05) is 0 Å². The van der Waals surface area contributed by atoms with Crippen LogP contribution in [0.2, 0.25) is 5.02 Å². The molecular formula is C14H9ClN2O4. The Morgan fingerprint density at radius 2 is 2.10 bits per heavy atom. The Kier molecular flexibility index (Phi) is 3.31. The second-order valence-electron chi connectivity index (χ2n) is 4.58. The summed E-state index contributed by atoms with van der Waals surface area (Å²) in [6.45, 7) is 0. The Hall–Kier alpha value is -2.47. The number of carbonyl (C=O) groups is 1. The van der Waals surface area contributed by atoms with Crippen LogP contribution >= 0.6 is 11.6 Å². The first-order valence-electron chi connectivity index (χ1n) is 6.18. The number of hydrogen-bond acceptors (Lipinski definition) is 5. The van der Waals surface area contributed by atoms with Crippen LogP contribution in [0.5, 0.6) is 11.6 Å². The maximum Gasteiger partial charge on any atom is 0.289 e. The maximum atomic E-state index is 11.6. The molecule has 0 radical (unpaired) electrons. The quantitative estimate of drug-likeness (QED) is 0.639. The smallest absolute Gasteiger partial charge is 0.289 e. The molecule has 0 amide bonds. The summed E-state index contributed by atoms with van der Waals surface area (Å²) >= 11 is 5.92. The number of hydrogen-bond donors (Lipinski definition) is 0. The highest BCUT2D eigenvalue weighted by molar-refractivity contribution is 6.32. The molecule has 1 aromatic heterocycles. The minimum atomic E-state index is -0.580. The molecule has 1 aliphatic rings. The highest BCUT2D eigenvalue weighted by Crippen LogP contribution is 2.32. The number of aryl methyl sites for hydroxylation is 1. The topological polar surface area (TPSA) is 82.3 Å². The Bertz CT molecular complexity index is 761. The average Bonchev–Trinajstić information content (AvgIpc) is 2.82. The Morgan fingerprint density at radius 1 is 1.29 bits per heavy atom. The predicted octanol–water partition coefficient (Wildman–Crippen LogP) is 3.56. The molecule has 21 heavy (non-hydrogen) atoms. The second-order valence-corrected chi connectivity index (χ2v) is 4.99. The van der Waals surface area contributed by atoms with E-state index in [-0.39, 0.29) is 22.4 Å². The van der Waals surface area contributed by atoms with E-state index < -0.39 is 4.92 Å². The molecule has 0 saturated carbocycles. The average molecular weight is 305 g/mol. The minimum absolute atomic E-state index is 0.0563. The number of ketones is 1. The van der Waals surface area contributed by atoms with E-state index in [4.69, 9.17) is 16.3 Å². The van der Waals surface area contributed by atoms with Crippen molar-refractivity contribution in [2.75, 3.05) is 0 Å². The molecular weight excluding hydrogens is 296 g/mol. The molecule has 0 atom stereocenters. The van der Waals surface area contributed by atoms with Crippen molar-refractivity contribution in [1.82, 2.24) is 4.98 Å². The van der Waals surface area contributed by atoms with Crippen LogP contribution in [0.3, 0.4) is 0 Å². The summed E-state index contributed by atoms with van der Waals surface area (Å²) in [5, 5.41) is 10.7. The molecule has 0 fully saturated rings. The largest absolute Gasteiger partial charge is 0.438 e. The fourth-order valence-electron chi connectivity index (χ4n) is 2.20. The van der Waals surface area contributed by atoms with E-state index in [0.717, 1.165) is 11.8 Å². The van der Waals surface area contributed by atoms with E-state index in [1.54, 1.807) is 18.2 Å². The van der Waals surface area contributed by atoms with Gasteiger partial charge in [-0.2, -0.15) is 0 Å². The molecule has 6 nitrogen and oxygen atoms in total. The van der Waals surface area contributed by atoms with Crippen molar-refractivity contribution in [3.63, 3.8) is 0 Å². The zero-order valence-corrected chi connectivity index (χ0v) is 11.5. The monoisotopic (exact) mass is 304 g/mol. The lowest BCUT2D eigenvalue weighted by atomic mass is 10.1. The number of benzene rings is 1. The number of carbonyl (C=O) groups excluding carboxylic acids is 1. The van der Waals surface area contributed by atoms with Crippen molar-refractivity contribution >= 4 is 23.1 Å². The summed E-state index contributed by atoms with van der Waals surface area (Å²) in [4.78, 5) is 25.4. The van der Waals surface area contributed by atoms with Gasteiger partial charge in [0, 0.05) is 18.1 Å². The summed E-state index contributed by atoms with van der Waals surface area (Å²) in [7, 11) is 0. The molecule has 106 valence electrons. The predicted molar refractivity (Wildman–Crippen MR) is 75.1 cm³/mol. The van der Waals surface area contributed by atoms with Crippen molar-refractivity contribution in [3.8, 4) is 11.6 Å². The summed E-state index contributed by atoms with van der Waals surface area (Å²) in [6, 6.07) is 6.31. The molecule has 0 N–H and O–H groups in total. The number of fused-ring (bicyclic) bond motifs is 1. The molecule has 0 saturated heterocycles. The van der Waals surface area contributed by atoms with Gasteiger partial charge in [0.05, 0.1) is 4.92 Å². The van der Waals surface area contributed by atoms with Crippen LogP contribution in [-0.2, 0) is 6.42 Å². The molecule has 0 unspecified atom stereocenters. The summed E-state index contributed by atoms with van der Waals surface area (Å²) in [6.07, 6.45) is 2.28. The first kappa shape index (κ1) is 13.5. The molecule has 3 rings (SSSR count). The van der Waals surface area contributed by atoms with Crippen molar-refractivity contribution < 1.29 is 14.5 Å². The van der Waals surface area contributed by atoms with Gasteiger partial charge in [-0.3, -0.25) is 14.9 Å². The van der Waals surface area contributed by atoms with Crippen LogP contribution in [0.15, 0.2) is 30.5 Å². The summed E-state index contributed by atoms with van der Waals surface area (Å²) < 4.78 is 5.53. The van der Waals surface area contributed by atoms with Crippen molar-refractivity contribution in [1.29, 1.82) is 0 Å². The summed E-state index contributed by atoms with van der Waals surface area (Å²) in [5.74, 6) is 0.710. The lowest BCUT2D eigenvalue weighted by molar-refractivity contribution is -0.385. The van der Waals surface area contributed by atoms with Gasteiger partial charge in [-0.25, -0.2) is 4.98 Å². The number of nitro groups is 1. The molecule has 1 aliphatic carbocycles. The number of ether oxygens (including phenoxy) is 1. The fourth-order valence-corrected chi connectivity index (χ4v) is 2.40. The lowest BCUT2D eigenvalue weighted by Gasteiger charge is -2.07. The first-order valence-corrected chi connectivity index (χ1v) is 6.56. The van der Waals surface area contributed by atoms with Gasteiger partial charge < -0.3 is 4.74 Å². The Morgan fingerprint density at radius 3 is 2.81 bits per heavy atom. The maximum absolute atomic E-state index is 11.6. The lowest BCUT2D eigenvalue weighted by Crippen LogP contribution is -1.94. The van der Waals surface area contributed by atoms with E-state index in [9.17, 15) is 14.9 Å². The molecule has 0 aliphatic heterocycles. The van der Waals surface area contributed by atoms with Gasteiger partial charge in [0.25, 0.3) is 5.69 Å². The number of halogens is 1. The van der Waals surface area contributed by atoms with Crippen LogP contribution in [0, 0.1) is 10.1 Å². The van der Waals surface area contributed by atoms with Crippen LogP contribution in [0.4, 0.5) is 5.69 Å². The van der Waals surface area contributed by atoms with Crippen LogP contribution in [0.1, 0.15) is 22.3 Å². The van der Waals surface area contributed by atoms with Gasteiger partial charge >= 0.3 is 0 Å². The van der Waals surface area contributed by atoms with Gasteiger partial charge in [-0.1, -0.05) is 11.6 Å². The van der Waals surface area contributed by atoms with E-state index in [0.29, 0.717) is 24.2 Å². The van der Waals surface area contributed by atoms with Crippen molar-refractivity contribution in [2.24, 2.45) is 0 Å². The van der Waals surface area contributed by atoms with Crippen molar-refractivity contribution in [3.05, 3.63) is 56.7 Å². The van der Waals surface area contributed by atoms with Gasteiger partial charge in [0.1, 0.15) is 17.0 Å². The normalized spacial score (nSPS) is 13.1. The number of aromatic nitrogens is 1. The molecule has 0 bridgehead atoms. The standard InChI is InChI=1S/C14H9ClN2O4/c15-12-6-9(17(19)20)7-16-14(12)21-10-2-3-11-8(5-10)1-4-13(11)18/h2-3,5-7H,1,4H2. The van der Waals surface area contributed by atoms with Gasteiger partial charge in [0.2, 0.25) is 5.88 Å². The fraction of sp³-hybridized carbons (Fsp3) is 0.143. The highest BCUT2D eigenvalue weighted by atomic mass is 35.5. The second kappa shape index (κ2) is 5.14. The Balaban J connectivity index is 1.87. The minimum Gasteiger partial charge on any atom is -0.438 e. The first-order chi connectivity index (χ1) is 10.0. The van der Waals surface area contributed by atoms with Crippen molar-refractivity contribution in [2.45, 2.75) is 12.8 Å². The SMILES string of the molecule is O=C1CCc2cc(Oc3ncc([N+](=O)[O-])cc3Cl)ccc21. The number of Topliss-reactive ketones (excluding diaryl/α,β-unsaturated/α-hetero) is 1. The molecule has 7 heteroatoms. The van der Waals surface area contributed by atoms with Gasteiger partial charge in [-0.05, 0) is 30.2 Å². The van der Waals surface area contributed by atoms with E-state index in [1.165, 1.54) is 6.07 Å². The third-order valence-electron chi connectivity index (χ3n) is 3.22. The highest BCUT2D eigenvalue weighted by Gasteiger charge is 2.20.